The molecule has 0 amide bonds. The molecule has 0 radical (unpaired) electrons. The Morgan fingerprint density at radius 1 is 1.29 bits per heavy atom. The molecule has 0 bridgehead atoms. The molecule has 5 heteroatoms. The highest BCUT2D eigenvalue weighted by molar-refractivity contribution is 5.95. The van der Waals surface area contributed by atoms with Gasteiger partial charge in [-0.15, -0.1) is 0 Å². The van der Waals surface area contributed by atoms with Crippen molar-refractivity contribution in [1.82, 2.24) is 0 Å². The van der Waals surface area contributed by atoms with Gasteiger partial charge in [0.1, 0.15) is 11.4 Å². The van der Waals surface area contributed by atoms with Crippen LogP contribution in [-0.4, -0.2) is 33.8 Å². The molecule has 2 aliphatic rings. The summed E-state index contributed by atoms with van der Waals surface area (Å²) in [6.07, 6.45) is 1.36. The van der Waals surface area contributed by atoms with Gasteiger partial charge in [0.15, 0.2) is 11.4 Å². The summed E-state index contributed by atoms with van der Waals surface area (Å²) in [5.41, 5.74) is -2.98. The summed E-state index contributed by atoms with van der Waals surface area (Å²) >= 11 is 0. The number of rotatable bonds is 1. The average molecular weight is 240 g/mol. The summed E-state index contributed by atoms with van der Waals surface area (Å²) in [6, 6.07) is 0. The monoisotopic (exact) mass is 240 g/mol. The van der Waals surface area contributed by atoms with E-state index >= 15 is 0 Å². The summed E-state index contributed by atoms with van der Waals surface area (Å²) in [7, 11) is 0. The molecule has 2 rings (SSSR count). The maximum Gasteiger partial charge on any atom is 0.303 e. The number of esters is 1. The van der Waals surface area contributed by atoms with Gasteiger partial charge >= 0.3 is 5.97 Å². The molecule has 2 aliphatic carbocycles. The number of fused-ring (bicyclic) bond motifs is 1. The highest BCUT2D eigenvalue weighted by atomic mass is 16.6. The highest BCUT2D eigenvalue weighted by Crippen LogP contribution is 2.46. The van der Waals surface area contributed by atoms with Gasteiger partial charge < -0.3 is 9.84 Å². The Labute approximate surface area is 99.1 Å². The van der Waals surface area contributed by atoms with Gasteiger partial charge in [-0.05, 0) is 12.8 Å². The van der Waals surface area contributed by atoms with Crippen LogP contribution >= 0.6 is 0 Å². The molecule has 0 aromatic heterocycles. The number of Topliss-reactive ketones (excluding diaryl/α,β-unsaturated/α-hetero) is 2. The maximum absolute atomic E-state index is 12.0. The van der Waals surface area contributed by atoms with Crippen molar-refractivity contribution in [2.24, 2.45) is 0 Å². The van der Waals surface area contributed by atoms with Gasteiger partial charge in [-0.25, -0.2) is 0 Å². The molecule has 0 aromatic carbocycles. The molecular weight excluding hydrogens is 224 g/mol. The van der Waals surface area contributed by atoms with Crippen LogP contribution in [0.3, 0.4) is 0 Å². The van der Waals surface area contributed by atoms with Gasteiger partial charge in [0, 0.05) is 32.6 Å². The Hall–Kier alpha value is -1.23. The van der Waals surface area contributed by atoms with Crippen LogP contribution in [0.25, 0.3) is 0 Å². The van der Waals surface area contributed by atoms with Gasteiger partial charge in [-0.3, -0.25) is 14.4 Å². The minimum atomic E-state index is -1.50. The number of ketones is 2. The van der Waals surface area contributed by atoms with E-state index in [-0.39, 0.29) is 30.8 Å². The summed E-state index contributed by atoms with van der Waals surface area (Å²) < 4.78 is 5.16. The summed E-state index contributed by atoms with van der Waals surface area (Å²) in [5.74, 6) is -0.924. The van der Waals surface area contributed by atoms with E-state index in [1.165, 1.54) is 6.92 Å². The minimum absolute atomic E-state index is 0.0787. The first-order valence-electron chi connectivity index (χ1n) is 5.87. The average Bonchev–Trinajstić information content (AvgIpc) is 2.20. The number of hydrogen-bond acceptors (Lipinski definition) is 5. The van der Waals surface area contributed by atoms with Crippen molar-refractivity contribution in [3.63, 3.8) is 0 Å². The lowest BCUT2D eigenvalue weighted by atomic mass is 9.63. The standard InChI is InChI=1S/C12H16O5/c1-8(13)17-12-6-4-9(14)7-11(12,16)5-2-3-10(12)15/h16H,2-7H2,1H3/t11-,12-/m0/s1. The lowest BCUT2D eigenvalue weighted by Crippen LogP contribution is -2.66. The lowest BCUT2D eigenvalue weighted by Gasteiger charge is -2.50. The van der Waals surface area contributed by atoms with Crippen LogP contribution in [0, 0.1) is 0 Å². The topological polar surface area (TPSA) is 80.7 Å². The quantitative estimate of drug-likeness (QED) is 0.676. The van der Waals surface area contributed by atoms with Crippen LogP contribution in [-0.2, 0) is 19.1 Å². The van der Waals surface area contributed by atoms with E-state index < -0.39 is 17.2 Å². The number of aliphatic hydroxyl groups is 1. The Balaban J connectivity index is 2.41. The zero-order valence-electron chi connectivity index (χ0n) is 9.82. The van der Waals surface area contributed by atoms with Gasteiger partial charge in [-0.2, -0.15) is 0 Å². The number of ether oxygens (including phenoxy) is 1. The zero-order valence-corrected chi connectivity index (χ0v) is 9.82. The second kappa shape index (κ2) is 3.91. The van der Waals surface area contributed by atoms with E-state index in [9.17, 15) is 19.5 Å². The largest absolute Gasteiger partial charge is 0.448 e. The number of hydrogen-bond donors (Lipinski definition) is 1. The summed E-state index contributed by atoms with van der Waals surface area (Å²) in [5, 5.41) is 10.5. The Morgan fingerprint density at radius 2 is 2.00 bits per heavy atom. The third kappa shape index (κ3) is 1.78. The molecule has 0 spiro atoms. The van der Waals surface area contributed by atoms with Gasteiger partial charge in [-0.1, -0.05) is 0 Å². The van der Waals surface area contributed by atoms with E-state index in [1.54, 1.807) is 0 Å². The first-order valence-corrected chi connectivity index (χ1v) is 5.87. The molecular formula is C12H16O5. The first-order chi connectivity index (χ1) is 7.90. The molecule has 2 atom stereocenters. The molecule has 17 heavy (non-hydrogen) atoms. The predicted molar refractivity (Wildman–Crippen MR) is 57.2 cm³/mol. The van der Waals surface area contributed by atoms with E-state index in [0.29, 0.717) is 19.3 Å². The van der Waals surface area contributed by atoms with E-state index in [2.05, 4.69) is 0 Å². The van der Waals surface area contributed by atoms with E-state index in [1.807, 2.05) is 0 Å². The van der Waals surface area contributed by atoms with Crippen molar-refractivity contribution < 1.29 is 24.2 Å². The van der Waals surface area contributed by atoms with Crippen molar-refractivity contribution >= 4 is 17.5 Å². The van der Waals surface area contributed by atoms with Crippen molar-refractivity contribution in [2.45, 2.75) is 56.7 Å². The molecule has 0 aliphatic heterocycles. The molecule has 2 fully saturated rings. The van der Waals surface area contributed by atoms with Crippen LogP contribution in [0.1, 0.15) is 45.4 Å². The van der Waals surface area contributed by atoms with Crippen molar-refractivity contribution in [3.05, 3.63) is 0 Å². The van der Waals surface area contributed by atoms with Gasteiger partial charge in [0.05, 0.1) is 0 Å². The van der Waals surface area contributed by atoms with Crippen LogP contribution in [0.5, 0.6) is 0 Å². The number of carbonyl (C=O) groups excluding carboxylic acids is 3. The summed E-state index contributed by atoms with van der Waals surface area (Å²) in [6.45, 7) is 1.22. The molecule has 0 unspecified atom stereocenters. The van der Waals surface area contributed by atoms with Crippen molar-refractivity contribution in [2.75, 3.05) is 0 Å². The molecule has 1 N–H and O–H groups in total. The molecule has 0 heterocycles. The molecule has 0 saturated heterocycles. The fraction of sp³-hybridized carbons (Fsp3) is 0.750. The Morgan fingerprint density at radius 3 is 2.65 bits per heavy atom. The third-order valence-corrected chi connectivity index (χ3v) is 3.76. The van der Waals surface area contributed by atoms with Crippen LogP contribution < -0.4 is 0 Å². The Kier molecular flexibility index (Phi) is 2.81. The first kappa shape index (κ1) is 12.2. The van der Waals surface area contributed by atoms with Crippen molar-refractivity contribution in [1.29, 1.82) is 0 Å². The molecule has 0 aromatic rings. The van der Waals surface area contributed by atoms with Crippen LogP contribution in [0.15, 0.2) is 0 Å². The highest BCUT2D eigenvalue weighted by Gasteiger charge is 2.62. The van der Waals surface area contributed by atoms with Gasteiger partial charge in [0.25, 0.3) is 0 Å². The fourth-order valence-electron chi connectivity index (χ4n) is 2.99. The third-order valence-electron chi connectivity index (χ3n) is 3.76. The fourth-order valence-corrected chi connectivity index (χ4v) is 2.99. The van der Waals surface area contributed by atoms with E-state index in [0.717, 1.165) is 0 Å². The SMILES string of the molecule is CC(=O)O[C@]12CCC(=O)C[C@@]1(O)CCCC2=O. The minimum Gasteiger partial charge on any atom is -0.448 e. The van der Waals surface area contributed by atoms with E-state index in [4.69, 9.17) is 4.74 Å². The van der Waals surface area contributed by atoms with Crippen LogP contribution in [0.2, 0.25) is 0 Å². The normalized spacial score (nSPS) is 37.5. The number of carbonyl (C=O) groups is 3. The predicted octanol–water partition coefficient (Wildman–Crippen LogP) is 0.525. The summed E-state index contributed by atoms with van der Waals surface area (Å²) in [4.78, 5) is 34.7. The lowest BCUT2D eigenvalue weighted by molar-refractivity contribution is -0.215. The zero-order chi connectivity index (χ0) is 12.7. The smallest absolute Gasteiger partial charge is 0.303 e. The molecule has 5 nitrogen and oxygen atoms in total. The molecule has 2 saturated carbocycles. The maximum atomic E-state index is 12.0. The second-order valence-corrected chi connectivity index (χ2v) is 4.94. The van der Waals surface area contributed by atoms with Gasteiger partial charge in [0.2, 0.25) is 0 Å². The Bertz CT molecular complexity index is 388. The molecule has 94 valence electrons. The van der Waals surface area contributed by atoms with Crippen molar-refractivity contribution in [3.8, 4) is 0 Å². The van der Waals surface area contributed by atoms with Crippen LogP contribution in [0.4, 0.5) is 0 Å². The second-order valence-electron chi connectivity index (χ2n) is 4.94.